The minimum atomic E-state index is -1.09. The van der Waals surface area contributed by atoms with Gasteiger partial charge in [-0.05, 0) is 48.3 Å². The molecule has 0 saturated carbocycles. The standard InChI is InChI=1S/C51H32N6/c1-4-16-33(17-5-1)49-52-50(34-18-6-2-7-19-34)54-51(53-49)57-43-26-14-11-23-38(43)40-30-31-45-47(48(40)57)41-24-12-15-27-44(41)56(45)36-28-29-39-37-22-10-13-25-42(37)55(46(39)32-36)35-20-8-3-9-21-35/h1-32H/i1D,2D,3D,4D,5D,6D,7D,8D,9D,10D,11D,12D,13D,14D,15D,16D,17D,18D,19D,20D,21D,22D,23D,24D,25D,26D,27D,28D,29D,30D,31D,32D. The van der Waals surface area contributed by atoms with Crippen molar-refractivity contribution in [1.29, 1.82) is 0 Å². The number of nitrogens with zero attached hydrogens (tertiary/aromatic N) is 6. The van der Waals surface area contributed by atoms with Gasteiger partial charge in [0.15, 0.2) is 11.6 Å². The van der Waals surface area contributed by atoms with Gasteiger partial charge in [-0.2, -0.15) is 9.97 Å². The van der Waals surface area contributed by atoms with E-state index in [-0.39, 0.29) is 0 Å². The van der Waals surface area contributed by atoms with E-state index in [1.165, 1.54) is 0 Å². The molecule has 12 aromatic rings. The van der Waals surface area contributed by atoms with E-state index in [0.29, 0.717) is 9.13 Å². The minimum absolute atomic E-state index is 0.579. The largest absolute Gasteiger partial charge is 0.309 e. The molecule has 4 aromatic heterocycles. The summed E-state index contributed by atoms with van der Waals surface area (Å²) in [5.74, 6) is -2.77. The van der Waals surface area contributed by atoms with Gasteiger partial charge in [0.1, 0.15) is 0 Å². The smallest absolute Gasteiger partial charge is 0.238 e. The number of rotatable bonds is 5. The summed E-state index contributed by atoms with van der Waals surface area (Å²) in [4.78, 5) is 13.3. The van der Waals surface area contributed by atoms with Crippen LogP contribution in [-0.2, 0) is 0 Å². The number of fused-ring (bicyclic) bond motifs is 10. The van der Waals surface area contributed by atoms with Crippen molar-refractivity contribution < 1.29 is 43.9 Å². The quantitative estimate of drug-likeness (QED) is 0.176. The summed E-state index contributed by atoms with van der Waals surface area (Å²) in [6, 6.07) is -31.0. The molecule has 0 unspecified atom stereocenters. The molecule has 0 spiro atoms. The van der Waals surface area contributed by atoms with E-state index in [0.717, 1.165) is 4.57 Å². The van der Waals surface area contributed by atoms with Crippen LogP contribution in [0, 0.1) is 0 Å². The highest BCUT2D eigenvalue weighted by molar-refractivity contribution is 6.26. The fourth-order valence-electron chi connectivity index (χ4n) is 6.85. The first-order chi connectivity index (χ1) is 41.6. The normalized spacial score (nSPS) is 19.7. The zero-order valence-corrected chi connectivity index (χ0v) is 28.2. The molecule has 0 amide bonds. The molecule has 0 N–H and O–H groups in total. The molecular weight excluding hydrogens is 697 g/mol. The molecule has 0 fully saturated rings. The van der Waals surface area contributed by atoms with Crippen LogP contribution in [0.2, 0.25) is 0 Å². The zero-order valence-electron chi connectivity index (χ0n) is 60.2. The minimum Gasteiger partial charge on any atom is -0.309 e. The Morgan fingerprint density at radius 1 is 0.333 bits per heavy atom. The van der Waals surface area contributed by atoms with Gasteiger partial charge in [-0.15, -0.1) is 0 Å². The van der Waals surface area contributed by atoms with E-state index < -0.39 is 299 Å². The van der Waals surface area contributed by atoms with Gasteiger partial charge in [0, 0.05) is 54.8 Å². The lowest BCUT2D eigenvalue weighted by molar-refractivity contribution is 0.955. The van der Waals surface area contributed by atoms with Crippen molar-refractivity contribution in [2.75, 3.05) is 0 Å². The van der Waals surface area contributed by atoms with Gasteiger partial charge in [0.2, 0.25) is 5.95 Å². The van der Waals surface area contributed by atoms with Crippen LogP contribution < -0.4 is 0 Å². The molecule has 266 valence electrons. The molecule has 4 heterocycles. The molecule has 6 heteroatoms. The van der Waals surface area contributed by atoms with Crippen molar-refractivity contribution in [3.63, 3.8) is 0 Å². The average molecular weight is 761 g/mol. The summed E-state index contributed by atoms with van der Waals surface area (Å²) >= 11 is 0. The maximum absolute atomic E-state index is 10.2. The first kappa shape index (κ1) is 13.4. The Morgan fingerprint density at radius 2 is 0.807 bits per heavy atom. The molecule has 0 saturated heterocycles. The number of benzene rings is 8. The third-order valence-electron chi connectivity index (χ3n) is 9.10. The van der Waals surface area contributed by atoms with Gasteiger partial charge in [-0.25, -0.2) is 4.98 Å². The molecular formula is C51H32N6. The average Bonchev–Trinajstić information content (AvgIpc) is 1.52. The van der Waals surface area contributed by atoms with Gasteiger partial charge in [0.25, 0.3) is 0 Å². The summed E-state index contributed by atoms with van der Waals surface area (Å²) in [7, 11) is 0. The van der Waals surface area contributed by atoms with Crippen LogP contribution in [-0.4, -0.2) is 28.7 Å². The summed E-state index contributed by atoms with van der Waals surface area (Å²) in [5.41, 5.74) is -7.72. The first-order valence-electron chi connectivity index (χ1n) is 32.6. The molecule has 0 aliphatic heterocycles. The van der Waals surface area contributed by atoms with Crippen molar-refractivity contribution >= 4 is 65.4 Å². The topological polar surface area (TPSA) is 53.5 Å². The van der Waals surface area contributed by atoms with E-state index in [2.05, 4.69) is 15.0 Å². The van der Waals surface area contributed by atoms with Crippen molar-refractivity contribution in [3.05, 3.63) is 193 Å². The van der Waals surface area contributed by atoms with Crippen molar-refractivity contribution in [1.82, 2.24) is 28.7 Å². The van der Waals surface area contributed by atoms with Crippen LogP contribution >= 0.6 is 0 Å². The molecule has 0 radical (unpaired) electrons. The highest BCUT2D eigenvalue weighted by Crippen LogP contribution is 2.43. The van der Waals surface area contributed by atoms with Gasteiger partial charge in [-0.3, -0.25) is 4.57 Å². The number of aromatic nitrogens is 6. The zero-order chi connectivity index (χ0) is 65.3. The molecule has 0 aliphatic carbocycles. The third kappa shape index (κ3) is 4.74. The molecule has 12 rings (SSSR count). The second kappa shape index (κ2) is 12.3. The van der Waals surface area contributed by atoms with E-state index in [1.54, 1.807) is 0 Å². The second-order valence-corrected chi connectivity index (χ2v) is 12.1. The van der Waals surface area contributed by atoms with Gasteiger partial charge < -0.3 is 9.13 Å². The molecule has 8 aromatic carbocycles. The van der Waals surface area contributed by atoms with Crippen LogP contribution in [0.15, 0.2) is 193 Å². The van der Waals surface area contributed by atoms with Crippen LogP contribution in [0.4, 0.5) is 0 Å². The highest BCUT2D eigenvalue weighted by atomic mass is 15.2. The van der Waals surface area contributed by atoms with E-state index in [4.69, 9.17) is 31.5 Å². The Kier molecular flexibility index (Phi) is 2.91. The molecule has 6 nitrogen and oxygen atoms in total. The van der Waals surface area contributed by atoms with Crippen molar-refractivity contribution in [2.24, 2.45) is 0 Å². The summed E-state index contributed by atoms with van der Waals surface area (Å²) in [5, 5.41) is -3.80. The Hall–Kier alpha value is -7.83. The Labute approximate surface area is 372 Å². The maximum Gasteiger partial charge on any atom is 0.238 e. The number of para-hydroxylation sites is 4. The van der Waals surface area contributed by atoms with Crippen LogP contribution in [0.3, 0.4) is 0 Å². The third-order valence-corrected chi connectivity index (χ3v) is 9.10. The number of hydrogen-bond donors (Lipinski definition) is 0. The first-order valence-corrected chi connectivity index (χ1v) is 16.6. The van der Waals surface area contributed by atoms with Crippen LogP contribution in [0.25, 0.3) is 106 Å². The van der Waals surface area contributed by atoms with E-state index in [1.807, 2.05) is 0 Å². The monoisotopic (exact) mass is 760 g/mol. The Balaban J connectivity index is 1.39. The lowest BCUT2D eigenvalue weighted by Crippen LogP contribution is -2.06. The maximum atomic E-state index is 10.2. The van der Waals surface area contributed by atoms with E-state index in [9.17, 15) is 12.3 Å². The van der Waals surface area contributed by atoms with Gasteiger partial charge in [0.05, 0.1) is 77.0 Å². The predicted octanol–water partition coefficient (Wildman–Crippen LogP) is 12.5. The van der Waals surface area contributed by atoms with Crippen LogP contribution in [0.1, 0.15) is 43.9 Å². The predicted molar refractivity (Wildman–Crippen MR) is 234 cm³/mol. The fourth-order valence-corrected chi connectivity index (χ4v) is 6.85. The van der Waals surface area contributed by atoms with Gasteiger partial charge >= 0.3 is 0 Å². The molecule has 57 heavy (non-hydrogen) atoms. The Bertz CT molecular complexity index is 5240. The Morgan fingerprint density at radius 3 is 1.46 bits per heavy atom. The van der Waals surface area contributed by atoms with Crippen LogP contribution in [0.5, 0.6) is 0 Å². The molecule has 0 aliphatic rings. The van der Waals surface area contributed by atoms with E-state index >= 15 is 0 Å². The molecule has 0 atom stereocenters. The summed E-state index contributed by atoms with van der Waals surface area (Å²) < 4.78 is 292. The van der Waals surface area contributed by atoms with Crippen molar-refractivity contribution in [3.8, 4) is 40.1 Å². The molecule has 0 bridgehead atoms. The fraction of sp³-hybridized carbons (Fsp3) is 0. The lowest BCUT2D eigenvalue weighted by Gasteiger charge is -2.12. The van der Waals surface area contributed by atoms with Crippen molar-refractivity contribution in [2.45, 2.75) is 0 Å². The second-order valence-electron chi connectivity index (χ2n) is 12.1. The summed E-state index contributed by atoms with van der Waals surface area (Å²) in [6.07, 6.45) is 0. The summed E-state index contributed by atoms with van der Waals surface area (Å²) in [6.45, 7) is 0. The highest BCUT2D eigenvalue weighted by Gasteiger charge is 2.23. The van der Waals surface area contributed by atoms with Gasteiger partial charge in [-0.1, -0.05) is 145 Å². The number of hydrogen-bond acceptors (Lipinski definition) is 3. The SMILES string of the molecule is [2H]c1c([2H])c([2H])c(-c2nc(-c3c([2H])c([2H])c([2H])c([2H])c3[2H])nc(-n3c4c([2H])c([2H])c([2H])c([2H])c4c4c([2H])c([2H])c5c(c6c([2H])c([2H])c([2H])c([2H])c6n5-c5c([2H])c([2H])c6c7c([2H])c([2H])c([2H])c([2H])c7n(-c7c([2H])c([2H])c([2H])c([2H])c7[2H])c6c5[2H])c43)n2)c([2H])c1[2H]. The lowest BCUT2D eigenvalue weighted by atomic mass is 10.1.